The molecule has 0 bridgehead atoms. The lowest BCUT2D eigenvalue weighted by Gasteiger charge is -2.39. The molecule has 34 heavy (non-hydrogen) atoms. The molecule has 0 saturated carbocycles. The summed E-state index contributed by atoms with van der Waals surface area (Å²) >= 11 is 0. The van der Waals surface area contributed by atoms with E-state index in [0.717, 1.165) is 10.8 Å². The van der Waals surface area contributed by atoms with E-state index in [0.29, 0.717) is 22.4 Å². The molecule has 3 aromatic rings. The predicted octanol–water partition coefficient (Wildman–Crippen LogP) is 3.43. The SMILES string of the molecule is CCOC(=O)C1=C(N)OC2=C(C(=O)c3cccc4cccc2c34)C12C(=O)N(C)c1ccccc12. The van der Waals surface area contributed by atoms with Crippen molar-refractivity contribution in [2.45, 2.75) is 12.3 Å². The number of benzene rings is 3. The van der Waals surface area contributed by atoms with E-state index < -0.39 is 17.3 Å². The van der Waals surface area contributed by atoms with E-state index in [1.54, 1.807) is 50.4 Å². The molecule has 2 aliphatic heterocycles. The lowest BCUT2D eigenvalue weighted by atomic mass is 9.64. The van der Waals surface area contributed by atoms with Crippen molar-refractivity contribution in [3.8, 4) is 0 Å². The van der Waals surface area contributed by atoms with Crippen molar-refractivity contribution in [3.05, 3.63) is 94.4 Å². The molecule has 1 amide bonds. The van der Waals surface area contributed by atoms with E-state index >= 15 is 0 Å². The normalized spacial score (nSPS) is 20.6. The van der Waals surface area contributed by atoms with Crippen LogP contribution in [0.1, 0.15) is 28.4 Å². The van der Waals surface area contributed by atoms with Crippen LogP contribution in [0.5, 0.6) is 0 Å². The van der Waals surface area contributed by atoms with Gasteiger partial charge in [-0.15, -0.1) is 0 Å². The predicted molar refractivity (Wildman–Crippen MR) is 126 cm³/mol. The number of anilines is 1. The number of ether oxygens (including phenoxy) is 2. The van der Waals surface area contributed by atoms with Crippen LogP contribution in [-0.4, -0.2) is 31.3 Å². The van der Waals surface area contributed by atoms with Crippen LogP contribution in [0.15, 0.2) is 77.7 Å². The Kier molecular flexibility index (Phi) is 4.05. The first kappa shape index (κ1) is 20.2. The number of ketones is 1. The van der Waals surface area contributed by atoms with Crippen LogP contribution in [0.4, 0.5) is 5.69 Å². The molecule has 1 aliphatic carbocycles. The van der Waals surface area contributed by atoms with Gasteiger partial charge in [-0.1, -0.05) is 54.6 Å². The summed E-state index contributed by atoms with van der Waals surface area (Å²) < 4.78 is 11.3. The number of nitrogens with zero attached hydrogens (tertiary/aromatic N) is 1. The molecule has 168 valence electrons. The monoisotopic (exact) mass is 452 g/mol. The number of carbonyl (C=O) groups excluding carboxylic acids is 3. The molecular weight excluding hydrogens is 432 g/mol. The fraction of sp³-hybridized carbons (Fsp3) is 0.148. The van der Waals surface area contributed by atoms with Gasteiger partial charge in [0.05, 0.1) is 12.2 Å². The van der Waals surface area contributed by atoms with Gasteiger partial charge in [-0.05, 0) is 18.4 Å². The fourth-order valence-electron chi connectivity index (χ4n) is 5.51. The highest BCUT2D eigenvalue weighted by Crippen LogP contribution is 2.57. The van der Waals surface area contributed by atoms with E-state index in [-0.39, 0.29) is 35.2 Å². The molecular formula is C27H20N2O5. The maximum absolute atomic E-state index is 14.2. The number of likely N-dealkylation sites (N-methyl/N-ethyl adjacent to an activating group) is 1. The number of rotatable bonds is 2. The largest absolute Gasteiger partial charge is 0.462 e. The maximum Gasteiger partial charge on any atom is 0.341 e. The molecule has 2 heterocycles. The highest BCUT2D eigenvalue weighted by Gasteiger charge is 2.64. The van der Waals surface area contributed by atoms with Gasteiger partial charge in [-0.3, -0.25) is 9.59 Å². The molecule has 2 N–H and O–H groups in total. The summed E-state index contributed by atoms with van der Waals surface area (Å²) in [5.41, 5.74) is 6.65. The average molecular weight is 452 g/mol. The van der Waals surface area contributed by atoms with Crippen molar-refractivity contribution in [2.24, 2.45) is 5.73 Å². The number of nitrogens with two attached hydrogens (primary N) is 1. The summed E-state index contributed by atoms with van der Waals surface area (Å²) in [6.45, 7) is 1.73. The highest BCUT2D eigenvalue weighted by molar-refractivity contribution is 6.32. The van der Waals surface area contributed by atoms with Crippen LogP contribution in [0.3, 0.4) is 0 Å². The second kappa shape index (κ2) is 6.81. The average Bonchev–Trinajstić information content (AvgIpc) is 3.05. The van der Waals surface area contributed by atoms with Crippen LogP contribution in [0, 0.1) is 0 Å². The molecule has 0 saturated heterocycles. The minimum absolute atomic E-state index is 0.0688. The Hall–Kier alpha value is -4.39. The number of para-hydroxylation sites is 1. The van der Waals surface area contributed by atoms with Crippen LogP contribution in [0.25, 0.3) is 16.5 Å². The van der Waals surface area contributed by atoms with Gasteiger partial charge in [0, 0.05) is 34.8 Å². The van der Waals surface area contributed by atoms with Crippen molar-refractivity contribution >= 4 is 39.9 Å². The molecule has 7 nitrogen and oxygen atoms in total. The molecule has 3 aliphatic rings. The summed E-state index contributed by atoms with van der Waals surface area (Å²) in [6.07, 6.45) is 0. The third-order valence-electron chi connectivity index (χ3n) is 6.83. The molecule has 0 radical (unpaired) electrons. The van der Waals surface area contributed by atoms with Crippen molar-refractivity contribution < 1.29 is 23.9 Å². The summed E-state index contributed by atoms with van der Waals surface area (Å²) in [6, 6.07) is 18.1. The van der Waals surface area contributed by atoms with Crippen LogP contribution in [-0.2, 0) is 24.5 Å². The zero-order valence-electron chi connectivity index (χ0n) is 18.5. The first-order valence-corrected chi connectivity index (χ1v) is 11.0. The summed E-state index contributed by atoms with van der Waals surface area (Å²) in [5, 5.41) is 1.59. The van der Waals surface area contributed by atoms with Gasteiger partial charge < -0.3 is 20.1 Å². The lowest BCUT2D eigenvalue weighted by Crippen LogP contribution is -2.50. The number of hydrogen-bond donors (Lipinski definition) is 1. The maximum atomic E-state index is 14.2. The van der Waals surface area contributed by atoms with E-state index in [2.05, 4.69) is 0 Å². The molecule has 0 aromatic heterocycles. The number of Topliss-reactive ketones (excluding diaryl/α,β-unsaturated/α-hetero) is 1. The number of esters is 1. The van der Waals surface area contributed by atoms with Crippen molar-refractivity contribution in [1.82, 2.24) is 0 Å². The smallest absolute Gasteiger partial charge is 0.341 e. The second-order valence-electron chi connectivity index (χ2n) is 8.44. The molecule has 0 fully saturated rings. The highest BCUT2D eigenvalue weighted by atomic mass is 16.5. The Morgan fingerprint density at radius 2 is 1.74 bits per heavy atom. The zero-order chi connectivity index (χ0) is 23.8. The Bertz CT molecular complexity index is 1530. The van der Waals surface area contributed by atoms with Crippen molar-refractivity contribution in [3.63, 3.8) is 0 Å². The second-order valence-corrected chi connectivity index (χ2v) is 8.44. The number of amides is 1. The Labute approximate surface area is 195 Å². The lowest BCUT2D eigenvalue weighted by molar-refractivity contribution is -0.140. The summed E-state index contributed by atoms with van der Waals surface area (Å²) in [4.78, 5) is 43.1. The Balaban J connectivity index is 1.78. The van der Waals surface area contributed by atoms with E-state index in [9.17, 15) is 14.4 Å². The first-order chi connectivity index (χ1) is 16.4. The van der Waals surface area contributed by atoms with Gasteiger partial charge in [-0.2, -0.15) is 0 Å². The quantitative estimate of drug-likeness (QED) is 0.598. The van der Waals surface area contributed by atoms with Gasteiger partial charge >= 0.3 is 5.97 Å². The number of hydrogen-bond acceptors (Lipinski definition) is 6. The summed E-state index contributed by atoms with van der Waals surface area (Å²) in [7, 11) is 1.62. The summed E-state index contributed by atoms with van der Waals surface area (Å²) in [5.74, 6) is -1.70. The van der Waals surface area contributed by atoms with E-state index in [1.807, 2.05) is 24.3 Å². The standard InChI is InChI=1S/C27H20N2O5/c1-3-33-25(31)21-24(28)34-23-16-11-7-9-14-8-6-10-15(19(14)16)22(30)20(23)27(21)17-12-4-5-13-18(17)29(2)26(27)32/h4-13H,3,28H2,1-2H3. The molecule has 6 rings (SSSR count). The fourth-order valence-corrected chi connectivity index (χ4v) is 5.51. The minimum atomic E-state index is -1.79. The minimum Gasteiger partial charge on any atom is -0.462 e. The van der Waals surface area contributed by atoms with Gasteiger partial charge in [0.25, 0.3) is 0 Å². The third kappa shape index (κ3) is 2.23. The Morgan fingerprint density at radius 1 is 1.03 bits per heavy atom. The Morgan fingerprint density at radius 3 is 2.47 bits per heavy atom. The number of carbonyl (C=O) groups is 3. The van der Waals surface area contributed by atoms with E-state index in [4.69, 9.17) is 15.2 Å². The van der Waals surface area contributed by atoms with Crippen LogP contribution in [0.2, 0.25) is 0 Å². The van der Waals surface area contributed by atoms with Crippen molar-refractivity contribution in [1.29, 1.82) is 0 Å². The van der Waals surface area contributed by atoms with Crippen LogP contribution < -0.4 is 10.6 Å². The molecule has 3 aromatic carbocycles. The van der Waals surface area contributed by atoms with Gasteiger partial charge in [-0.25, -0.2) is 4.79 Å². The topological polar surface area (TPSA) is 98.9 Å². The molecule has 1 spiro atoms. The first-order valence-electron chi connectivity index (χ1n) is 11.0. The molecule has 7 heteroatoms. The molecule has 1 atom stereocenters. The van der Waals surface area contributed by atoms with Crippen molar-refractivity contribution in [2.75, 3.05) is 18.6 Å². The molecule has 1 unspecified atom stereocenters. The van der Waals surface area contributed by atoms with Gasteiger partial charge in [0.1, 0.15) is 16.7 Å². The third-order valence-corrected chi connectivity index (χ3v) is 6.83. The van der Waals surface area contributed by atoms with Gasteiger partial charge in [0.15, 0.2) is 5.78 Å². The van der Waals surface area contributed by atoms with Gasteiger partial charge in [0.2, 0.25) is 11.8 Å². The number of fused-ring (bicyclic) bond motifs is 4. The van der Waals surface area contributed by atoms with Crippen LogP contribution >= 0.6 is 0 Å². The zero-order valence-corrected chi connectivity index (χ0v) is 18.5. The van der Waals surface area contributed by atoms with E-state index in [1.165, 1.54) is 4.90 Å².